The van der Waals surface area contributed by atoms with Gasteiger partial charge in [-0.15, -0.1) is 0 Å². The molecular formula is C16H14F3NO2S. The van der Waals surface area contributed by atoms with E-state index in [9.17, 15) is 22.2 Å². The summed E-state index contributed by atoms with van der Waals surface area (Å²) in [6.45, 7) is 0.168. The molecule has 0 saturated carbocycles. The topological polar surface area (TPSA) is 46.2 Å². The van der Waals surface area contributed by atoms with Gasteiger partial charge < -0.3 is 5.32 Å². The number of alkyl halides is 3. The third kappa shape index (κ3) is 4.92. The zero-order chi connectivity index (χ0) is 16.9. The molecule has 122 valence electrons. The van der Waals surface area contributed by atoms with Crippen LogP contribution in [-0.2, 0) is 17.0 Å². The number of rotatable bonds is 5. The molecule has 7 heteroatoms. The summed E-state index contributed by atoms with van der Waals surface area (Å²) in [5.74, 6) is -0.264. The van der Waals surface area contributed by atoms with E-state index in [0.29, 0.717) is 4.90 Å². The first-order valence-electron chi connectivity index (χ1n) is 6.77. The number of halogens is 3. The minimum absolute atomic E-state index is 0.128. The number of carbonyl (C=O) groups is 1. The van der Waals surface area contributed by atoms with Crippen molar-refractivity contribution in [2.24, 2.45) is 0 Å². The molecule has 2 rings (SSSR count). The molecule has 1 atom stereocenters. The van der Waals surface area contributed by atoms with E-state index in [2.05, 4.69) is 5.32 Å². The van der Waals surface area contributed by atoms with Crippen molar-refractivity contribution < 1.29 is 22.2 Å². The molecule has 0 aliphatic rings. The number of benzene rings is 2. The Hall–Kier alpha value is -2.15. The highest BCUT2D eigenvalue weighted by molar-refractivity contribution is 7.85. The van der Waals surface area contributed by atoms with Gasteiger partial charge in [0, 0.05) is 22.8 Å². The van der Waals surface area contributed by atoms with Crippen molar-refractivity contribution in [2.75, 3.05) is 12.3 Å². The summed E-state index contributed by atoms with van der Waals surface area (Å²) in [4.78, 5) is 12.5. The van der Waals surface area contributed by atoms with E-state index in [1.54, 1.807) is 24.3 Å². The van der Waals surface area contributed by atoms with E-state index >= 15 is 0 Å². The Labute approximate surface area is 134 Å². The molecule has 2 aromatic rings. The first kappa shape index (κ1) is 17.2. The maximum absolute atomic E-state index is 12.4. The number of amides is 1. The third-order valence-electron chi connectivity index (χ3n) is 3.05. The molecule has 23 heavy (non-hydrogen) atoms. The molecule has 0 fully saturated rings. The van der Waals surface area contributed by atoms with E-state index in [1.807, 2.05) is 6.07 Å². The molecule has 0 saturated heterocycles. The molecule has 3 nitrogen and oxygen atoms in total. The van der Waals surface area contributed by atoms with Gasteiger partial charge in [-0.3, -0.25) is 9.00 Å². The normalized spacial score (nSPS) is 12.7. The van der Waals surface area contributed by atoms with Crippen LogP contribution in [0.1, 0.15) is 15.9 Å². The molecule has 0 bridgehead atoms. The lowest BCUT2D eigenvalue weighted by molar-refractivity contribution is -0.137. The molecule has 0 aliphatic carbocycles. The molecule has 1 amide bonds. The fraction of sp³-hybridized carbons (Fsp3) is 0.188. The summed E-state index contributed by atoms with van der Waals surface area (Å²) >= 11 is 0. The minimum atomic E-state index is -4.43. The summed E-state index contributed by atoms with van der Waals surface area (Å²) in [5, 5.41) is 2.54. The van der Waals surface area contributed by atoms with Gasteiger partial charge in [-0.05, 0) is 36.4 Å². The number of hydrogen-bond donors (Lipinski definition) is 1. The Morgan fingerprint density at radius 1 is 1.00 bits per heavy atom. The quantitative estimate of drug-likeness (QED) is 0.907. The Bertz CT molecular complexity index is 685. The SMILES string of the molecule is O=C(NCC[S@](=O)c1ccccc1)c1ccc(C(F)(F)F)cc1. The molecule has 0 unspecified atom stereocenters. The van der Waals surface area contributed by atoms with Gasteiger partial charge in [0.05, 0.1) is 16.4 Å². The lowest BCUT2D eigenvalue weighted by Gasteiger charge is -2.08. The number of hydrogen-bond acceptors (Lipinski definition) is 2. The van der Waals surface area contributed by atoms with Crippen LogP contribution in [-0.4, -0.2) is 22.4 Å². The van der Waals surface area contributed by atoms with Crippen LogP contribution in [0, 0.1) is 0 Å². The van der Waals surface area contributed by atoms with Crippen molar-refractivity contribution in [1.29, 1.82) is 0 Å². The lowest BCUT2D eigenvalue weighted by atomic mass is 10.1. The Balaban J connectivity index is 1.87. The minimum Gasteiger partial charge on any atom is -0.351 e. The Morgan fingerprint density at radius 2 is 1.61 bits per heavy atom. The van der Waals surface area contributed by atoms with Crippen molar-refractivity contribution in [3.05, 3.63) is 65.7 Å². The standard InChI is InChI=1S/C16H14F3NO2S/c17-16(18,19)13-8-6-12(7-9-13)15(21)20-10-11-23(22)14-4-2-1-3-5-14/h1-9H,10-11H2,(H,20,21)/t23-/m0/s1. The summed E-state index contributed by atoms with van der Waals surface area (Å²) in [7, 11) is -1.24. The van der Waals surface area contributed by atoms with Crippen molar-refractivity contribution in [3.8, 4) is 0 Å². The zero-order valence-electron chi connectivity index (χ0n) is 12.0. The van der Waals surface area contributed by atoms with E-state index in [0.717, 1.165) is 24.3 Å². The highest BCUT2D eigenvalue weighted by atomic mass is 32.2. The molecule has 0 aromatic heterocycles. The third-order valence-corrected chi connectivity index (χ3v) is 4.43. The summed E-state index contributed by atoms with van der Waals surface area (Å²) in [6.07, 6.45) is -4.43. The van der Waals surface area contributed by atoms with Gasteiger partial charge in [0.1, 0.15) is 0 Å². The molecule has 1 N–H and O–H groups in total. The molecular weight excluding hydrogens is 327 g/mol. The fourth-order valence-electron chi connectivity index (χ4n) is 1.86. The summed E-state index contributed by atoms with van der Waals surface area (Å²) < 4.78 is 49.3. The van der Waals surface area contributed by atoms with Gasteiger partial charge >= 0.3 is 6.18 Å². The van der Waals surface area contributed by atoms with Crippen molar-refractivity contribution in [2.45, 2.75) is 11.1 Å². The predicted octanol–water partition coefficient (Wildman–Crippen LogP) is 3.24. The maximum Gasteiger partial charge on any atom is 0.416 e. The first-order chi connectivity index (χ1) is 10.9. The van der Waals surface area contributed by atoms with Crippen LogP contribution in [0.3, 0.4) is 0 Å². The van der Waals surface area contributed by atoms with Crippen molar-refractivity contribution in [3.63, 3.8) is 0 Å². The van der Waals surface area contributed by atoms with Crippen LogP contribution in [0.15, 0.2) is 59.5 Å². The van der Waals surface area contributed by atoms with Crippen molar-refractivity contribution in [1.82, 2.24) is 5.32 Å². The van der Waals surface area contributed by atoms with Gasteiger partial charge in [0.15, 0.2) is 0 Å². The molecule has 0 radical (unpaired) electrons. The van der Waals surface area contributed by atoms with E-state index < -0.39 is 28.4 Å². The average molecular weight is 341 g/mol. The van der Waals surface area contributed by atoms with E-state index in [1.165, 1.54) is 0 Å². The van der Waals surface area contributed by atoms with Crippen LogP contribution in [0.2, 0.25) is 0 Å². The zero-order valence-corrected chi connectivity index (χ0v) is 12.8. The highest BCUT2D eigenvalue weighted by Crippen LogP contribution is 2.29. The largest absolute Gasteiger partial charge is 0.416 e. The van der Waals surface area contributed by atoms with Crippen LogP contribution in [0.5, 0.6) is 0 Å². The second-order valence-corrected chi connectivity index (χ2v) is 6.26. The van der Waals surface area contributed by atoms with Crippen LogP contribution in [0.4, 0.5) is 13.2 Å². The number of carbonyl (C=O) groups excluding carboxylic acids is 1. The maximum atomic E-state index is 12.4. The predicted molar refractivity (Wildman–Crippen MR) is 81.5 cm³/mol. The van der Waals surface area contributed by atoms with Crippen LogP contribution < -0.4 is 5.32 Å². The average Bonchev–Trinajstić information content (AvgIpc) is 2.54. The molecule has 0 aliphatic heterocycles. The van der Waals surface area contributed by atoms with Gasteiger partial charge in [0.25, 0.3) is 5.91 Å². The highest BCUT2D eigenvalue weighted by Gasteiger charge is 2.30. The monoisotopic (exact) mass is 341 g/mol. The van der Waals surface area contributed by atoms with Gasteiger partial charge in [-0.25, -0.2) is 0 Å². The van der Waals surface area contributed by atoms with Crippen LogP contribution >= 0.6 is 0 Å². The Morgan fingerprint density at radius 3 is 2.17 bits per heavy atom. The lowest BCUT2D eigenvalue weighted by Crippen LogP contribution is -2.27. The number of nitrogens with one attached hydrogen (secondary N) is 1. The van der Waals surface area contributed by atoms with Gasteiger partial charge in [-0.2, -0.15) is 13.2 Å². The Kier molecular flexibility index (Phi) is 5.54. The van der Waals surface area contributed by atoms with Gasteiger partial charge in [0.2, 0.25) is 0 Å². The van der Waals surface area contributed by atoms with Gasteiger partial charge in [-0.1, -0.05) is 18.2 Å². The smallest absolute Gasteiger partial charge is 0.351 e. The van der Waals surface area contributed by atoms with Crippen LogP contribution in [0.25, 0.3) is 0 Å². The second-order valence-electron chi connectivity index (χ2n) is 4.69. The first-order valence-corrected chi connectivity index (χ1v) is 8.09. The summed E-state index contributed by atoms with van der Waals surface area (Å²) in [6, 6.07) is 12.8. The van der Waals surface area contributed by atoms with E-state index in [4.69, 9.17) is 0 Å². The summed E-state index contributed by atoms with van der Waals surface area (Å²) in [5.41, 5.74) is -0.678. The molecule has 2 aromatic carbocycles. The molecule has 0 heterocycles. The molecule has 0 spiro atoms. The van der Waals surface area contributed by atoms with Crippen molar-refractivity contribution >= 4 is 16.7 Å². The fourth-order valence-corrected chi connectivity index (χ4v) is 2.84. The van der Waals surface area contributed by atoms with E-state index in [-0.39, 0.29) is 17.9 Å². The second kappa shape index (κ2) is 7.41.